The van der Waals surface area contributed by atoms with Crippen LogP contribution in [0.15, 0.2) is 16.5 Å². The summed E-state index contributed by atoms with van der Waals surface area (Å²) >= 11 is 3.47. The molecule has 1 fully saturated rings. The maximum atomic E-state index is 11.6. The van der Waals surface area contributed by atoms with Gasteiger partial charge in [0.1, 0.15) is 5.76 Å². The minimum Gasteiger partial charge on any atom is -0.456 e. The molecule has 1 N–H and O–H groups in total. The molecule has 0 radical (unpaired) electrons. The fourth-order valence-corrected chi connectivity index (χ4v) is 2.20. The van der Waals surface area contributed by atoms with Crippen molar-refractivity contribution < 1.29 is 9.21 Å². The zero-order valence-electron chi connectivity index (χ0n) is 8.68. The minimum atomic E-state index is -0.115. The number of amides is 1. The van der Waals surface area contributed by atoms with Gasteiger partial charge in [0.2, 0.25) is 0 Å². The van der Waals surface area contributed by atoms with Crippen LogP contribution in [0.3, 0.4) is 0 Å². The predicted molar refractivity (Wildman–Crippen MR) is 61.2 cm³/mol. The van der Waals surface area contributed by atoms with E-state index in [0.717, 1.165) is 17.6 Å². The molecule has 4 heteroatoms. The Hall–Kier alpha value is -0.770. The average Bonchev–Trinajstić information content (AvgIpc) is 2.90. The minimum absolute atomic E-state index is 0.115. The van der Waals surface area contributed by atoms with Gasteiger partial charge in [0.25, 0.3) is 5.91 Å². The van der Waals surface area contributed by atoms with E-state index in [4.69, 9.17) is 4.42 Å². The van der Waals surface area contributed by atoms with Crippen LogP contribution < -0.4 is 5.32 Å². The van der Waals surface area contributed by atoms with Crippen molar-refractivity contribution in [1.29, 1.82) is 0 Å². The van der Waals surface area contributed by atoms with E-state index < -0.39 is 0 Å². The molecule has 0 aliphatic heterocycles. The van der Waals surface area contributed by atoms with Gasteiger partial charge in [-0.1, -0.05) is 15.9 Å². The molecule has 3 nitrogen and oxygen atoms in total. The van der Waals surface area contributed by atoms with Crippen LogP contribution in [0.1, 0.15) is 29.2 Å². The lowest BCUT2D eigenvalue weighted by molar-refractivity contribution is 0.0917. The number of rotatable bonds is 4. The van der Waals surface area contributed by atoms with Gasteiger partial charge in [0, 0.05) is 11.9 Å². The highest BCUT2D eigenvalue weighted by molar-refractivity contribution is 9.09. The van der Waals surface area contributed by atoms with E-state index >= 15 is 0 Å². The van der Waals surface area contributed by atoms with E-state index in [1.165, 1.54) is 12.8 Å². The topological polar surface area (TPSA) is 42.2 Å². The molecule has 0 bridgehead atoms. The van der Waals surface area contributed by atoms with E-state index in [9.17, 15) is 4.79 Å². The molecule has 0 saturated heterocycles. The van der Waals surface area contributed by atoms with Crippen molar-refractivity contribution in [3.8, 4) is 0 Å². The molecule has 0 unspecified atom stereocenters. The standard InChI is InChI=1S/C11H14BrNO2/c1-8-2-3-9(15-8)10(14)13-7-11(6-12)4-5-11/h2-3H,4-7H2,1H3,(H,13,14). The Bertz CT molecular complexity index is 368. The highest BCUT2D eigenvalue weighted by atomic mass is 79.9. The van der Waals surface area contributed by atoms with Crippen molar-refractivity contribution in [2.24, 2.45) is 5.41 Å². The Morgan fingerprint density at radius 1 is 1.60 bits per heavy atom. The Morgan fingerprint density at radius 2 is 2.33 bits per heavy atom. The zero-order chi connectivity index (χ0) is 10.9. The second kappa shape index (κ2) is 4.00. The molecule has 1 amide bonds. The Morgan fingerprint density at radius 3 is 2.80 bits per heavy atom. The smallest absolute Gasteiger partial charge is 0.287 e. The molecule has 1 heterocycles. The van der Waals surface area contributed by atoms with Crippen LogP contribution in [0.25, 0.3) is 0 Å². The van der Waals surface area contributed by atoms with Gasteiger partial charge in [-0.25, -0.2) is 0 Å². The van der Waals surface area contributed by atoms with Gasteiger partial charge in [0.15, 0.2) is 5.76 Å². The van der Waals surface area contributed by atoms with E-state index in [-0.39, 0.29) is 5.91 Å². The third-order valence-electron chi connectivity index (χ3n) is 2.83. The SMILES string of the molecule is Cc1ccc(C(=O)NCC2(CBr)CC2)o1. The largest absolute Gasteiger partial charge is 0.456 e. The van der Waals surface area contributed by atoms with Gasteiger partial charge in [-0.2, -0.15) is 0 Å². The molecular weight excluding hydrogens is 258 g/mol. The molecule has 1 saturated carbocycles. The number of aryl methyl sites for hydroxylation is 1. The summed E-state index contributed by atoms with van der Waals surface area (Å²) in [5, 5.41) is 3.86. The van der Waals surface area contributed by atoms with E-state index in [2.05, 4.69) is 21.2 Å². The van der Waals surface area contributed by atoms with Crippen molar-refractivity contribution >= 4 is 21.8 Å². The van der Waals surface area contributed by atoms with Crippen molar-refractivity contribution in [2.75, 3.05) is 11.9 Å². The fourth-order valence-electron chi connectivity index (χ4n) is 1.45. The lowest BCUT2D eigenvalue weighted by atomic mass is 10.1. The van der Waals surface area contributed by atoms with Crippen LogP contribution in [0.2, 0.25) is 0 Å². The first-order valence-electron chi connectivity index (χ1n) is 5.06. The number of nitrogens with one attached hydrogen (secondary N) is 1. The monoisotopic (exact) mass is 271 g/mol. The van der Waals surface area contributed by atoms with Crippen molar-refractivity contribution in [2.45, 2.75) is 19.8 Å². The van der Waals surface area contributed by atoms with E-state index in [1.807, 2.05) is 6.92 Å². The summed E-state index contributed by atoms with van der Waals surface area (Å²) in [6.07, 6.45) is 2.38. The summed E-state index contributed by atoms with van der Waals surface area (Å²) in [6.45, 7) is 2.56. The molecule has 0 atom stereocenters. The van der Waals surface area contributed by atoms with Crippen LogP contribution in [0.4, 0.5) is 0 Å². The molecular formula is C11H14BrNO2. The normalized spacial score (nSPS) is 17.5. The first-order valence-corrected chi connectivity index (χ1v) is 6.18. The third-order valence-corrected chi connectivity index (χ3v) is 4.02. The lowest BCUT2D eigenvalue weighted by Crippen LogP contribution is -2.30. The Balaban J connectivity index is 1.88. The van der Waals surface area contributed by atoms with Gasteiger partial charge in [-0.05, 0) is 37.3 Å². The third kappa shape index (κ3) is 2.43. The molecule has 1 aromatic rings. The number of hydrogen-bond donors (Lipinski definition) is 1. The van der Waals surface area contributed by atoms with Gasteiger partial charge < -0.3 is 9.73 Å². The zero-order valence-corrected chi connectivity index (χ0v) is 10.3. The highest BCUT2D eigenvalue weighted by Gasteiger charge is 2.41. The summed E-state index contributed by atoms with van der Waals surface area (Å²) in [5.41, 5.74) is 0.303. The van der Waals surface area contributed by atoms with E-state index in [0.29, 0.717) is 11.2 Å². The van der Waals surface area contributed by atoms with Gasteiger partial charge in [0.05, 0.1) is 0 Å². The average molecular weight is 272 g/mol. The number of carbonyl (C=O) groups is 1. The number of furan rings is 1. The molecule has 15 heavy (non-hydrogen) atoms. The Kier molecular flexibility index (Phi) is 2.87. The number of alkyl halides is 1. The second-order valence-electron chi connectivity index (χ2n) is 4.23. The van der Waals surface area contributed by atoms with Crippen molar-refractivity contribution in [3.05, 3.63) is 23.7 Å². The molecule has 1 aliphatic carbocycles. The first kappa shape index (κ1) is 10.7. The maximum Gasteiger partial charge on any atom is 0.287 e. The number of carbonyl (C=O) groups excluding carboxylic acids is 1. The van der Waals surface area contributed by atoms with Gasteiger partial charge in [-0.15, -0.1) is 0 Å². The molecule has 0 aromatic carbocycles. The molecule has 1 aliphatic rings. The molecule has 2 rings (SSSR count). The first-order chi connectivity index (χ1) is 7.15. The summed E-state index contributed by atoms with van der Waals surface area (Å²) in [7, 11) is 0. The maximum absolute atomic E-state index is 11.6. The van der Waals surface area contributed by atoms with Crippen molar-refractivity contribution in [1.82, 2.24) is 5.32 Å². The summed E-state index contributed by atoms with van der Waals surface area (Å²) < 4.78 is 5.24. The van der Waals surface area contributed by atoms with Gasteiger partial charge in [-0.3, -0.25) is 4.79 Å². The second-order valence-corrected chi connectivity index (χ2v) is 4.79. The summed E-state index contributed by atoms with van der Waals surface area (Å²) in [5.74, 6) is 1.05. The highest BCUT2D eigenvalue weighted by Crippen LogP contribution is 2.46. The Labute approximate surface area is 97.4 Å². The quantitative estimate of drug-likeness (QED) is 0.856. The van der Waals surface area contributed by atoms with Gasteiger partial charge >= 0.3 is 0 Å². The lowest BCUT2D eigenvalue weighted by Gasteiger charge is -2.11. The van der Waals surface area contributed by atoms with Crippen LogP contribution in [-0.2, 0) is 0 Å². The summed E-state index contributed by atoms with van der Waals surface area (Å²) in [4.78, 5) is 11.6. The number of hydrogen-bond acceptors (Lipinski definition) is 2. The van der Waals surface area contributed by atoms with Crippen LogP contribution in [0.5, 0.6) is 0 Å². The molecule has 82 valence electrons. The number of halogens is 1. The van der Waals surface area contributed by atoms with Crippen molar-refractivity contribution in [3.63, 3.8) is 0 Å². The fraction of sp³-hybridized carbons (Fsp3) is 0.545. The van der Waals surface area contributed by atoms with Crippen LogP contribution in [-0.4, -0.2) is 17.8 Å². The predicted octanol–water partition coefficient (Wildman–Crippen LogP) is 2.49. The molecule has 0 spiro atoms. The summed E-state index contributed by atoms with van der Waals surface area (Å²) in [6, 6.07) is 3.50. The van der Waals surface area contributed by atoms with E-state index in [1.54, 1.807) is 12.1 Å². The van der Waals surface area contributed by atoms with Crippen LogP contribution in [0, 0.1) is 12.3 Å². The molecule has 1 aromatic heterocycles. The van der Waals surface area contributed by atoms with Crippen LogP contribution >= 0.6 is 15.9 Å².